The van der Waals surface area contributed by atoms with Crippen molar-refractivity contribution in [3.8, 4) is 6.07 Å². The van der Waals surface area contributed by atoms with Gasteiger partial charge in [0.2, 0.25) is 0 Å². The van der Waals surface area contributed by atoms with Crippen molar-refractivity contribution in [1.82, 2.24) is 9.97 Å². The van der Waals surface area contributed by atoms with Crippen LogP contribution in [-0.4, -0.2) is 47.1 Å². The van der Waals surface area contributed by atoms with Crippen LogP contribution in [0.2, 0.25) is 0 Å². The highest BCUT2D eigenvalue weighted by Crippen LogP contribution is 2.40. The zero-order valence-electron chi connectivity index (χ0n) is 17.7. The summed E-state index contributed by atoms with van der Waals surface area (Å²) in [5.74, 6) is -3.66. The van der Waals surface area contributed by atoms with E-state index in [4.69, 9.17) is 11.0 Å². The number of alkyl halides is 2. The molecule has 0 aliphatic carbocycles. The van der Waals surface area contributed by atoms with Gasteiger partial charge in [0.05, 0.1) is 11.3 Å². The Morgan fingerprint density at radius 3 is 2.55 bits per heavy atom. The molecule has 0 saturated heterocycles. The molecule has 3 N–H and O–H groups in total. The topological polar surface area (TPSA) is 151 Å². The minimum Gasteiger partial charge on any atom is -0.386 e. The molecule has 1 amide bonds. The Bertz CT molecular complexity index is 1320. The second kappa shape index (κ2) is 8.11. The molecule has 2 aromatic rings. The predicted octanol–water partition coefficient (Wildman–Crippen LogP) is 2.07. The average Bonchev–Trinajstić information content (AvgIpc) is 2.72. The summed E-state index contributed by atoms with van der Waals surface area (Å²) in [6.07, 6.45) is -2.14. The molecule has 0 bridgehead atoms. The van der Waals surface area contributed by atoms with Gasteiger partial charge in [-0.2, -0.15) is 5.26 Å². The summed E-state index contributed by atoms with van der Waals surface area (Å²) in [5.41, 5.74) is 3.87. The number of aliphatic imine (C=N–C) groups is 1. The van der Waals surface area contributed by atoms with Crippen molar-refractivity contribution in [2.24, 2.45) is 10.7 Å². The van der Waals surface area contributed by atoms with E-state index in [9.17, 15) is 26.4 Å². The molecule has 3 heterocycles. The molecule has 2 aromatic heterocycles. The highest BCUT2D eigenvalue weighted by molar-refractivity contribution is 7.93. The van der Waals surface area contributed by atoms with Crippen molar-refractivity contribution in [3.05, 3.63) is 52.7 Å². The van der Waals surface area contributed by atoms with Gasteiger partial charge in [0.25, 0.3) is 12.3 Å². The number of nitriles is 1. The van der Waals surface area contributed by atoms with Gasteiger partial charge >= 0.3 is 0 Å². The number of amidine groups is 1. The molecule has 1 aliphatic rings. The molecule has 174 valence electrons. The maximum atomic E-state index is 14.7. The first-order valence-corrected chi connectivity index (χ1v) is 11.1. The Balaban J connectivity index is 2.01. The van der Waals surface area contributed by atoms with Crippen LogP contribution in [0.15, 0.2) is 29.4 Å². The highest BCUT2D eigenvalue weighted by atomic mass is 32.2. The molecule has 0 spiro atoms. The molecule has 0 radical (unpaired) electrons. The number of carbonyl (C=O) groups excluding carboxylic acids is 1. The Hall–Kier alpha value is -3.53. The van der Waals surface area contributed by atoms with Crippen LogP contribution in [0, 0.1) is 24.1 Å². The number of hydrogen-bond acceptors (Lipinski definition) is 8. The maximum absolute atomic E-state index is 14.7. The van der Waals surface area contributed by atoms with E-state index in [2.05, 4.69) is 20.3 Å². The SMILES string of the molecule is Cc1cc(C#N)cnc1C(=O)Nc1ccc(F)c([C@]2(C)CS(=O)(=O)[C@@](C)(C(F)F)C(N)=N2)n1. The normalized spacial score (nSPS) is 24.1. The Kier molecular flexibility index (Phi) is 5.93. The fourth-order valence-corrected chi connectivity index (χ4v) is 5.27. The lowest BCUT2D eigenvalue weighted by Gasteiger charge is -2.38. The number of aromatic nitrogens is 2. The minimum atomic E-state index is -4.57. The monoisotopic (exact) mass is 480 g/mol. The summed E-state index contributed by atoms with van der Waals surface area (Å²) < 4.78 is 64.4. The first-order valence-electron chi connectivity index (χ1n) is 9.46. The van der Waals surface area contributed by atoms with Crippen LogP contribution >= 0.6 is 0 Å². The predicted molar refractivity (Wildman–Crippen MR) is 113 cm³/mol. The van der Waals surface area contributed by atoms with Gasteiger partial charge in [0, 0.05) is 6.20 Å². The van der Waals surface area contributed by atoms with Crippen LogP contribution in [0.4, 0.5) is 19.0 Å². The first-order chi connectivity index (χ1) is 15.2. The molecule has 0 unspecified atom stereocenters. The lowest BCUT2D eigenvalue weighted by atomic mass is 9.98. The van der Waals surface area contributed by atoms with Crippen LogP contribution in [-0.2, 0) is 15.4 Å². The standard InChI is InChI=1S/C20H19F3N6O3S/c1-10-6-11(7-24)8-26-14(10)16(30)28-13-5-4-12(21)15(27-13)19(2)9-33(31,32)20(3,17(22)23)18(25)29-19/h4-6,8,17H,9H2,1-3H3,(H2,25,29)(H,27,28,30)/t19-,20-/m0/s1. The summed E-state index contributed by atoms with van der Waals surface area (Å²) in [6, 6.07) is 5.41. The number of nitrogens with two attached hydrogens (primary N) is 1. The lowest BCUT2D eigenvalue weighted by molar-refractivity contribution is 0.102. The quantitative estimate of drug-likeness (QED) is 0.680. The lowest BCUT2D eigenvalue weighted by Crippen LogP contribution is -2.60. The molecule has 13 heteroatoms. The van der Waals surface area contributed by atoms with Crippen molar-refractivity contribution >= 4 is 27.4 Å². The number of anilines is 1. The number of carbonyl (C=O) groups is 1. The smallest absolute Gasteiger partial charge is 0.275 e. The molecular weight excluding hydrogens is 461 g/mol. The number of hydrogen-bond donors (Lipinski definition) is 2. The van der Waals surface area contributed by atoms with E-state index in [1.165, 1.54) is 19.2 Å². The van der Waals surface area contributed by atoms with Crippen LogP contribution < -0.4 is 11.1 Å². The molecule has 2 atom stereocenters. The van der Waals surface area contributed by atoms with E-state index in [1.807, 2.05) is 6.07 Å². The molecule has 0 saturated carbocycles. The number of halogens is 3. The van der Waals surface area contributed by atoms with E-state index in [0.29, 0.717) is 5.56 Å². The molecule has 3 rings (SSSR count). The summed E-state index contributed by atoms with van der Waals surface area (Å²) >= 11 is 0. The summed E-state index contributed by atoms with van der Waals surface area (Å²) in [6.45, 7) is 3.53. The van der Waals surface area contributed by atoms with Crippen LogP contribution in [0.5, 0.6) is 0 Å². The fraction of sp³-hybridized carbons (Fsp3) is 0.350. The van der Waals surface area contributed by atoms with Gasteiger partial charge in [0.15, 0.2) is 14.6 Å². The molecule has 0 fully saturated rings. The van der Waals surface area contributed by atoms with E-state index in [-0.39, 0.29) is 17.1 Å². The van der Waals surface area contributed by atoms with Crippen molar-refractivity contribution in [2.75, 3.05) is 11.1 Å². The summed E-state index contributed by atoms with van der Waals surface area (Å²) in [7, 11) is -4.57. The first kappa shape index (κ1) is 24.1. The maximum Gasteiger partial charge on any atom is 0.275 e. The Morgan fingerprint density at radius 2 is 2.00 bits per heavy atom. The average molecular weight is 480 g/mol. The molecule has 0 aromatic carbocycles. The van der Waals surface area contributed by atoms with Crippen LogP contribution in [0.3, 0.4) is 0 Å². The zero-order valence-corrected chi connectivity index (χ0v) is 18.5. The number of sulfone groups is 1. The summed E-state index contributed by atoms with van der Waals surface area (Å²) in [4.78, 5) is 24.4. The number of rotatable bonds is 4. The number of aryl methyl sites for hydroxylation is 1. The fourth-order valence-electron chi connectivity index (χ4n) is 3.40. The van der Waals surface area contributed by atoms with Gasteiger partial charge < -0.3 is 11.1 Å². The number of pyridine rings is 2. The highest BCUT2D eigenvalue weighted by Gasteiger charge is 2.58. The number of nitrogens with one attached hydrogen (secondary N) is 1. The third kappa shape index (κ3) is 4.02. The second-order valence-electron chi connectivity index (χ2n) is 7.92. The molecular formula is C20H19F3N6O3S. The van der Waals surface area contributed by atoms with Crippen molar-refractivity contribution in [3.63, 3.8) is 0 Å². The van der Waals surface area contributed by atoms with Crippen molar-refractivity contribution in [1.29, 1.82) is 5.26 Å². The Morgan fingerprint density at radius 1 is 1.33 bits per heavy atom. The zero-order chi connectivity index (χ0) is 24.8. The molecule has 1 aliphatic heterocycles. The molecule has 9 nitrogen and oxygen atoms in total. The summed E-state index contributed by atoms with van der Waals surface area (Å²) in [5, 5.41) is 11.3. The van der Waals surface area contributed by atoms with E-state index in [0.717, 1.165) is 19.1 Å². The minimum absolute atomic E-state index is 0.0110. The van der Waals surface area contributed by atoms with Crippen molar-refractivity contribution in [2.45, 2.75) is 37.5 Å². The van der Waals surface area contributed by atoms with Crippen molar-refractivity contribution < 1.29 is 26.4 Å². The molecule has 33 heavy (non-hydrogen) atoms. The van der Waals surface area contributed by atoms with Gasteiger partial charge in [-0.1, -0.05) is 0 Å². The van der Waals surface area contributed by atoms with Gasteiger partial charge in [-0.3, -0.25) is 9.79 Å². The van der Waals surface area contributed by atoms with Crippen LogP contribution in [0.25, 0.3) is 0 Å². The third-order valence-corrected chi connectivity index (χ3v) is 8.05. The van der Waals surface area contributed by atoms with E-state index in [1.54, 1.807) is 6.92 Å². The number of amides is 1. The van der Waals surface area contributed by atoms with Gasteiger partial charge in [-0.05, 0) is 44.5 Å². The van der Waals surface area contributed by atoms with Crippen LogP contribution in [0.1, 0.15) is 41.2 Å². The van der Waals surface area contributed by atoms with Gasteiger partial charge in [-0.25, -0.2) is 31.6 Å². The van der Waals surface area contributed by atoms with E-state index >= 15 is 0 Å². The number of nitrogens with zero attached hydrogens (tertiary/aromatic N) is 4. The van der Waals surface area contributed by atoms with Gasteiger partial charge in [0.1, 0.15) is 40.5 Å². The second-order valence-corrected chi connectivity index (χ2v) is 10.3. The van der Waals surface area contributed by atoms with Gasteiger partial charge in [-0.15, -0.1) is 0 Å². The largest absolute Gasteiger partial charge is 0.386 e. The third-order valence-electron chi connectivity index (χ3n) is 5.43. The van der Waals surface area contributed by atoms with E-state index < -0.39 is 55.6 Å². The Labute approximate surface area is 187 Å².